The molecule has 0 saturated carbocycles. The number of anilines is 1. The summed E-state index contributed by atoms with van der Waals surface area (Å²) in [6.07, 6.45) is 1.43. The maximum atomic E-state index is 12.1. The van der Waals surface area contributed by atoms with E-state index in [1.165, 1.54) is 23.5 Å². The van der Waals surface area contributed by atoms with Gasteiger partial charge >= 0.3 is 0 Å². The molecule has 0 aliphatic heterocycles. The highest BCUT2D eigenvalue weighted by Gasteiger charge is 2.12. The molecule has 0 bridgehead atoms. The molecule has 0 aliphatic carbocycles. The van der Waals surface area contributed by atoms with E-state index in [1.807, 2.05) is 31.2 Å². The molecule has 0 spiro atoms. The van der Waals surface area contributed by atoms with Gasteiger partial charge in [0.05, 0.1) is 16.3 Å². The van der Waals surface area contributed by atoms with Crippen LogP contribution < -0.4 is 5.73 Å². The Labute approximate surface area is 121 Å². The standard InChI is InChI=1S/C14H13ClN2OS/c1-9-3-2-4-11(5-9)19-8-13(18)12-6-10(15)7-17-14(12)16/h2-7H,8H2,1H3,(H2,16,17). The largest absolute Gasteiger partial charge is 0.383 e. The van der Waals surface area contributed by atoms with E-state index in [4.69, 9.17) is 17.3 Å². The Morgan fingerprint density at radius 1 is 1.42 bits per heavy atom. The highest BCUT2D eigenvalue weighted by Crippen LogP contribution is 2.22. The van der Waals surface area contributed by atoms with Crippen LogP contribution in [0.1, 0.15) is 15.9 Å². The van der Waals surface area contributed by atoms with Crippen LogP contribution in [0, 0.1) is 6.92 Å². The lowest BCUT2D eigenvalue weighted by Crippen LogP contribution is -2.07. The molecule has 3 nitrogen and oxygen atoms in total. The minimum Gasteiger partial charge on any atom is -0.383 e. The molecule has 0 atom stereocenters. The van der Waals surface area contributed by atoms with Crippen molar-refractivity contribution < 1.29 is 4.79 Å². The van der Waals surface area contributed by atoms with Crippen molar-refractivity contribution in [1.82, 2.24) is 4.98 Å². The van der Waals surface area contributed by atoms with Gasteiger partial charge in [0.25, 0.3) is 0 Å². The summed E-state index contributed by atoms with van der Waals surface area (Å²) < 4.78 is 0. The second-order valence-electron chi connectivity index (χ2n) is 4.11. The number of ketones is 1. The summed E-state index contributed by atoms with van der Waals surface area (Å²) in [7, 11) is 0. The molecule has 0 radical (unpaired) electrons. The maximum Gasteiger partial charge on any atom is 0.176 e. The summed E-state index contributed by atoms with van der Waals surface area (Å²) >= 11 is 7.30. The Hall–Kier alpha value is -1.52. The third-order valence-electron chi connectivity index (χ3n) is 2.55. The molecule has 0 unspecified atom stereocenters. The molecule has 2 aromatic rings. The number of nitrogens with zero attached hydrogens (tertiary/aromatic N) is 1. The van der Waals surface area contributed by atoms with Crippen LogP contribution in [0.25, 0.3) is 0 Å². The number of nitrogens with two attached hydrogens (primary N) is 1. The smallest absolute Gasteiger partial charge is 0.176 e. The molecule has 1 aromatic heterocycles. The fourth-order valence-electron chi connectivity index (χ4n) is 1.60. The lowest BCUT2D eigenvalue weighted by molar-refractivity contribution is 0.102. The third-order valence-corrected chi connectivity index (χ3v) is 3.75. The Balaban J connectivity index is 2.07. The van der Waals surface area contributed by atoms with Crippen LogP contribution in [0.2, 0.25) is 5.02 Å². The number of nitrogen functional groups attached to an aromatic ring is 1. The van der Waals surface area contributed by atoms with E-state index in [0.717, 1.165) is 4.90 Å². The quantitative estimate of drug-likeness (QED) is 0.691. The SMILES string of the molecule is Cc1cccc(SCC(=O)c2cc(Cl)cnc2N)c1. The van der Waals surface area contributed by atoms with Crippen LogP contribution in [0.3, 0.4) is 0 Å². The molecule has 1 heterocycles. The molecule has 0 amide bonds. The number of hydrogen-bond acceptors (Lipinski definition) is 4. The summed E-state index contributed by atoms with van der Waals surface area (Å²) in [5.41, 5.74) is 7.23. The Kier molecular flexibility index (Phi) is 4.45. The van der Waals surface area contributed by atoms with Crippen molar-refractivity contribution in [3.63, 3.8) is 0 Å². The molecular weight excluding hydrogens is 280 g/mol. The minimum atomic E-state index is -0.0704. The molecule has 1 aromatic carbocycles. The number of carbonyl (C=O) groups is 1. The van der Waals surface area contributed by atoms with E-state index in [2.05, 4.69) is 4.98 Å². The first-order chi connectivity index (χ1) is 9.06. The van der Waals surface area contributed by atoms with Gasteiger partial charge < -0.3 is 5.73 Å². The molecule has 0 fully saturated rings. The van der Waals surface area contributed by atoms with Gasteiger partial charge in [-0.1, -0.05) is 29.3 Å². The fourth-order valence-corrected chi connectivity index (χ4v) is 2.66. The van der Waals surface area contributed by atoms with Gasteiger partial charge in [0.2, 0.25) is 0 Å². The molecule has 2 rings (SSSR count). The first kappa shape index (κ1) is 13.9. The monoisotopic (exact) mass is 292 g/mol. The number of rotatable bonds is 4. The van der Waals surface area contributed by atoms with E-state index in [-0.39, 0.29) is 11.6 Å². The predicted octanol–water partition coefficient (Wildman–Crippen LogP) is 3.60. The Morgan fingerprint density at radius 2 is 2.21 bits per heavy atom. The van der Waals surface area contributed by atoms with Crippen molar-refractivity contribution in [2.75, 3.05) is 11.5 Å². The van der Waals surface area contributed by atoms with E-state index in [9.17, 15) is 4.79 Å². The summed E-state index contributed by atoms with van der Waals surface area (Å²) in [6, 6.07) is 9.56. The zero-order valence-corrected chi connectivity index (χ0v) is 12.0. The van der Waals surface area contributed by atoms with Gasteiger partial charge in [-0.05, 0) is 25.1 Å². The van der Waals surface area contributed by atoms with E-state index in [1.54, 1.807) is 6.07 Å². The Morgan fingerprint density at radius 3 is 2.95 bits per heavy atom. The first-order valence-electron chi connectivity index (χ1n) is 5.70. The number of aryl methyl sites for hydroxylation is 1. The number of pyridine rings is 1. The van der Waals surface area contributed by atoms with Gasteiger partial charge in [-0.25, -0.2) is 4.98 Å². The van der Waals surface area contributed by atoms with Crippen molar-refractivity contribution in [3.8, 4) is 0 Å². The van der Waals surface area contributed by atoms with Gasteiger partial charge in [0.1, 0.15) is 5.82 Å². The second-order valence-corrected chi connectivity index (χ2v) is 5.60. The minimum absolute atomic E-state index is 0.0704. The van der Waals surface area contributed by atoms with Crippen molar-refractivity contribution >= 4 is 35.0 Å². The van der Waals surface area contributed by atoms with Crippen LogP contribution in [-0.4, -0.2) is 16.5 Å². The average molecular weight is 293 g/mol. The number of Topliss-reactive ketones (excluding diaryl/α,β-unsaturated/α-hetero) is 1. The number of thioether (sulfide) groups is 1. The molecule has 2 N–H and O–H groups in total. The number of carbonyl (C=O) groups excluding carboxylic acids is 1. The molecule has 0 saturated heterocycles. The molecule has 19 heavy (non-hydrogen) atoms. The molecule has 0 aliphatic rings. The number of aromatic nitrogens is 1. The van der Waals surface area contributed by atoms with Gasteiger partial charge in [0.15, 0.2) is 5.78 Å². The maximum absolute atomic E-state index is 12.1. The topological polar surface area (TPSA) is 56.0 Å². The van der Waals surface area contributed by atoms with Crippen LogP contribution >= 0.6 is 23.4 Å². The van der Waals surface area contributed by atoms with Crippen molar-refractivity contribution in [2.45, 2.75) is 11.8 Å². The average Bonchev–Trinajstić information content (AvgIpc) is 2.39. The number of benzene rings is 1. The number of halogens is 1. The highest BCUT2D eigenvalue weighted by atomic mass is 35.5. The van der Waals surface area contributed by atoms with Gasteiger partial charge in [-0.15, -0.1) is 11.8 Å². The van der Waals surface area contributed by atoms with Gasteiger partial charge in [-0.3, -0.25) is 4.79 Å². The van der Waals surface area contributed by atoms with Gasteiger partial charge in [0, 0.05) is 11.1 Å². The van der Waals surface area contributed by atoms with Crippen molar-refractivity contribution in [2.24, 2.45) is 0 Å². The zero-order chi connectivity index (χ0) is 13.8. The van der Waals surface area contributed by atoms with Crippen LogP contribution in [0.4, 0.5) is 5.82 Å². The van der Waals surface area contributed by atoms with Crippen LogP contribution in [0.5, 0.6) is 0 Å². The predicted molar refractivity (Wildman–Crippen MR) is 79.9 cm³/mol. The fraction of sp³-hybridized carbons (Fsp3) is 0.143. The molecule has 98 valence electrons. The first-order valence-corrected chi connectivity index (χ1v) is 7.06. The second kappa shape index (κ2) is 6.08. The van der Waals surface area contributed by atoms with Crippen LogP contribution in [-0.2, 0) is 0 Å². The van der Waals surface area contributed by atoms with Crippen molar-refractivity contribution in [1.29, 1.82) is 0 Å². The normalized spacial score (nSPS) is 10.4. The lowest BCUT2D eigenvalue weighted by atomic mass is 10.2. The van der Waals surface area contributed by atoms with Crippen LogP contribution in [0.15, 0.2) is 41.4 Å². The number of hydrogen-bond donors (Lipinski definition) is 1. The summed E-state index contributed by atoms with van der Waals surface area (Å²) in [5, 5.41) is 0.415. The van der Waals surface area contributed by atoms with E-state index < -0.39 is 0 Å². The lowest BCUT2D eigenvalue weighted by Gasteiger charge is -2.05. The van der Waals surface area contributed by atoms with Crippen molar-refractivity contribution in [3.05, 3.63) is 52.7 Å². The zero-order valence-electron chi connectivity index (χ0n) is 10.4. The van der Waals surface area contributed by atoms with E-state index >= 15 is 0 Å². The summed E-state index contributed by atoms with van der Waals surface area (Å²) in [6.45, 7) is 2.02. The van der Waals surface area contributed by atoms with Gasteiger partial charge in [-0.2, -0.15) is 0 Å². The highest BCUT2D eigenvalue weighted by molar-refractivity contribution is 8.00. The van der Waals surface area contributed by atoms with E-state index in [0.29, 0.717) is 16.3 Å². The molecule has 5 heteroatoms. The third kappa shape index (κ3) is 3.72. The Bertz CT molecular complexity index is 616. The summed E-state index contributed by atoms with van der Waals surface area (Å²) in [5.74, 6) is 0.466. The summed E-state index contributed by atoms with van der Waals surface area (Å²) in [4.78, 5) is 17.0. The molecular formula is C14H13ClN2OS.